The summed E-state index contributed by atoms with van der Waals surface area (Å²) >= 11 is 0. The largest absolute Gasteiger partial charge is 0.475 e. The summed E-state index contributed by atoms with van der Waals surface area (Å²) in [5.41, 5.74) is 0.400. The van der Waals surface area contributed by atoms with Gasteiger partial charge < -0.3 is 20.1 Å². The van der Waals surface area contributed by atoms with E-state index in [-0.39, 0.29) is 18.5 Å². The molecule has 0 aromatic carbocycles. The number of unbranched alkanes of at least 4 members (excludes halogenated alkanes) is 1. The van der Waals surface area contributed by atoms with Gasteiger partial charge in [0.25, 0.3) is 0 Å². The number of methoxy groups -OCH3 is 1. The maximum atomic E-state index is 11.7. The van der Waals surface area contributed by atoms with Crippen molar-refractivity contribution < 1.29 is 23.9 Å². The van der Waals surface area contributed by atoms with Crippen molar-refractivity contribution in [2.75, 3.05) is 19.0 Å². The fourth-order valence-corrected chi connectivity index (χ4v) is 1.73. The molecule has 1 heterocycles. The zero-order valence-electron chi connectivity index (χ0n) is 14.1. The van der Waals surface area contributed by atoms with Gasteiger partial charge in [-0.3, -0.25) is 14.4 Å². The van der Waals surface area contributed by atoms with Crippen LogP contribution < -0.4 is 15.4 Å². The van der Waals surface area contributed by atoms with Gasteiger partial charge >= 0.3 is 17.8 Å². The normalized spacial score (nSPS) is 10.2. The van der Waals surface area contributed by atoms with Gasteiger partial charge in [-0.25, -0.2) is 4.98 Å². The first-order chi connectivity index (χ1) is 11.4. The van der Waals surface area contributed by atoms with E-state index >= 15 is 0 Å². The molecule has 0 saturated carbocycles. The Bertz CT molecular complexity index is 557. The minimum Gasteiger partial charge on any atom is -0.475 e. The number of hydrogen-bond acceptors (Lipinski definition) is 6. The number of hydrogen-bond donors (Lipinski definition) is 2. The first-order valence-corrected chi connectivity index (χ1v) is 7.71. The van der Waals surface area contributed by atoms with Crippen molar-refractivity contribution in [3.05, 3.63) is 18.3 Å². The minimum atomic E-state index is -0.776. The van der Waals surface area contributed by atoms with Crippen LogP contribution in [0.4, 0.5) is 5.69 Å². The number of anilines is 1. The lowest BCUT2D eigenvalue weighted by Gasteiger charge is -2.09. The van der Waals surface area contributed by atoms with Crippen LogP contribution in [0.1, 0.15) is 33.1 Å². The van der Waals surface area contributed by atoms with E-state index in [9.17, 15) is 14.4 Å². The third kappa shape index (κ3) is 7.57. The van der Waals surface area contributed by atoms with Gasteiger partial charge in [-0.05, 0) is 32.8 Å². The molecule has 0 aliphatic carbocycles. The molecule has 0 aliphatic heterocycles. The molecule has 2 amide bonds. The van der Waals surface area contributed by atoms with Gasteiger partial charge in [0.1, 0.15) is 0 Å². The lowest BCUT2D eigenvalue weighted by molar-refractivity contribution is -0.140. The number of pyridine rings is 1. The van der Waals surface area contributed by atoms with Crippen molar-refractivity contribution >= 4 is 23.5 Å². The van der Waals surface area contributed by atoms with Gasteiger partial charge in [0.15, 0.2) is 0 Å². The topological polar surface area (TPSA) is 107 Å². The molecule has 1 rings (SSSR count). The minimum absolute atomic E-state index is 0.00269. The number of rotatable bonds is 8. The van der Waals surface area contributed by atoms with Crippen LogP contribution in [0.2, 0.25) is 0 Å². The summed E-state index contributed by atoms with van der Waals surface area (Å²) in [6.07, 6.45) is 2.86. The summed E-state index contributed by atoms with van der Waals surface area (Å²) in [5, 5.41) is 4.93. The Balaban J connectivity index is 2.31. The van der Waals surface area contributed by atoms with Gasteiger partial charge in [0, 0.05) is 19.0 Å². The number of carbonyl (C=O) groups is 3. The highest BCUT2D eigenvalue weighted by molar-refractivity contribution is 6.39. The Morgan fingerprint density at radius 2 is 1.92 bits per heavy atom. The van der Waals surface area contributed by atoms with E-state index in [4.69, 9.17) is 4.74 Å². The molecule has 2 N–H and O–H groups in total. The molecule has 0 aliphatic rings. The predicted molar refractivity (Wildman–Crippen MR) is 87.5 cm³/mol. The molecule has 0 saturated heterocycles. The first-order valence-electron chi connectivity index (χ1n) is 7.71. The maximum Gasteiger partial charge on any atom is 0.313 e. The Labute approximate surface area is 140 Å². The molecule has 0 unspecified atom stereocenters. The fraction of sp³-hybridized carbons (Fsp3) is 0.500. The SMILES string of the molecule is COC(=O)CCCCNC(=O)C(=O)Nc1ccc(OC(C)C)nc1. The van der Waals surface area contributed by atoms with E-state index in [2.05, 4.69) is 20.4 Å². The molecular weight excluding hydrogens is 314 g/mol. The number of ether oxygens (including phenoxy) is 2. The van der Waals surface area contributed by atoms with Crippen LogP contribution >= 0.6 is 0 Å². The van der Waals surface area contributed by atoms with Crippen molar-refractivity contribution in [1.29, 1.82) is 0 Å². The Morgan fingerprint density at radius 3 is 2.50 bits per heavy atom. The molecule has 0 spiro atoms. The number of nitrogens with zero attached hydrogens (tertiary/aromatic N) is 1. The molecule has 24 heavy (non-hydrogen) atoms. The summed E-state index contributed by atoms with van der Waals surface area (Å²) in [4.78, 5) is 38.3. The molecule has 0 fully saturated rings. The highest BCUT2D eigenvalue weighted by atomic mass is 16.5. The van der Waals surface area contributed by atoms with Crippen LogP contribution in [0.5, 0.6) is 5.88 Å². The fourth-order valence-electron chi connectivity index (χ4n) is 1.73. The quantitative estimate of drug-likeness (QED) is 0.420. The average molecular weight is 337 g/mol. The number of aromatic nitrogens is 1. The molecule has 1 aromatic rings. The van der Waals surface area contributed by atoms with Crippen molar-refractivity contribution in [1.82, 2.24) is 10.3 Å². The smallest absolute Gasteiger partial charge is 0.313 e. The highest BCUT2D eigenvalue weighted by Gasteiger charge is 2.13. The van der Waals surface area contributed by atoms with Crippen molar-refractivity contribution in [3.63, 3.8) is 0 Å². The van der Waals surface area contributed by atoms with Crippen molar-refractivity contribution in [2.45, 2.75) is 39.2 Å². The highest BCUT2D eigenvalue weighted by Crippen LogP contribution is 2.12. The van der Waals surface area contributed by atoms with Crippen LogP contribution in [0, 0.1) is 0 Å². The van der Waals surface area contributed by atoms with Gasteiger partial charge in [0.05, 0.1) is 25.1 Å². The van der Waals surface area contributed by atoms with E-state index in [0.29, 0.717) is 31.0 Å². The second-order valence-electron chi connectivity index (χ2n) is 5.29. The summed E-state index contributed by atoms with van der Waals surface area (Å²) in [7, 11) is 1.32. The number of carbonyl (C=O) groups excluding carboxylic acids is 3. The lowest BCUT2D eigenvalue weighted by atomic mass is 10.2. The van der Waals surface area contributed by atoms with E-state index in [0.717, 1.165) is 0 Å². The van der Waals surface area contributed by atoms with Gasteiger partial charge in [-0.15, -0.1) is 0 Å². The van der Waals surface area contributed by atoms with Crippen LogP contribution in [-0.2, 0) is 19.1 Å². The standard InChI is InChI=1S/C16H23N3O5/c1-11(2)24-13-8-7-12(10-18-13)19-16(22)15(21)17-9-5-4-6-14(20)23-3/h7-8,10-11H,4-6,9H2,1-3H3,(H,17,21)(H,19,22). The van der Waals surface area contributed by atoms with E-state index < -0.39 is 11.8 Å². The van der Waals surface area contributed by atoms with Crippen LogP contribution in [-0.4, -0.2) is 42.5 Å². The first kappa shape index (κ1) is 19.4. The Morgan fingerprint density at radius 1 is 1.17 bits per heavy atom. The summed E-state index contributed by atoms with van der Waals surface area (Å²) in [6.45, 7) is 4.07. The van der Waals surface area contributed by atoms with Crippen LogP contribution in [0.15, 0.2) is 18.3 Å². The van der Waals surface area contributed by atoms with E-state index in [1.54, 1.807) is 12.1 Å². The van der Waals surface area contributed by atoms with Crippen LogP contribution in [0.3, 0.4) is 0 Å². The third-order valence-corrected chi connectivity index (χ3v) is 2.88. The molecule has 1 aromatic heterocycles. The summed E-state index contributed by atoms with van der Waals surface area (Å²) in [6, 6.07) is 3.21. The van der Waals surface area contributed by atoms with Crippen LogP contribution in [0.25, 0.3) is 0 Å². The monoisotopic (exact) mass is 337 g/mol. The molecule has 8 nitrogen and oxygen atoms in total. The summed E-state index contributed by atoms with van der Waals surface area (Å²) in [5.74, 6) is -1.37. The summed E-state index contributed by atoms with van der Waals surface area (Å²) < 4.78 is 9.89. The predicted octanol–water partition coefficient (Wildman–Crippen LogP) is 1.27. The molecule has 0 radical (unpaired) electrons. The molecule has 0 bridgehead atoms. The van der Waals surface area contributed by atoms with Gasteiger partial charge in [0.2, 0.25) is 5.88 Å². The second-order valence-corrected chi connectivity index (χ2v) is 5.29. The number of nitrogens with one attached hydrogen (secondary N) is 2. The van der Waals surface area contributed by atoms with E-state index in [1.807, 2.05) is 13.8 Å². The Kier molecular flexibility index (Phi) is 8.24. The second kappa shape index (κ2) is 10.2. The van der Waals surface area contributed by atoms with Gasteiger partial charge in [-0.1, -0.05) is 0 Å². The van der Waals surface area contributed by atoms with Crippen molar-refractivity contribution in [3.8, 4) is 5.88 Å². The third-order valence-electron chi connectivity index (χ3n) is 2.88. The average Bonchev–Trinajstić information content (AvgIpc) is 2.55. The molecule has 8 heteroatoms. The number of amides is 2. The molecule has 132 valence electrons. The molecule has 0 atom stereocenters. The van der Waals surface area contributed by atoms with Crippen molar-refractivity contribution in [2.24, 2.45) is 0 Å². The maximum absolute atomic E-state index is 11.7. The van der Waals surface area contributed by atoms with E-state index in [1.165, 1.54) is 13.3 Å². The van der Waals surface area contributed by atoms with Gasteiger partial charge in [-0.2, -0.15) is 0 Å². The zero-order valence-corrected chi connectivity index (χ0v) is 14.1. The zero-order chi connectivity index (χ0) is 17.9. The molecular formula is C16H23N3O5. The lowest BCUT2D eigenvalue weighted by Crippen LogP contribution is -2.35. The number of esters is 1. The Hall–Kier alpha value is -2.64.